The first kappa shape index (κ1) is 38.6. The molecule has 0 aromatic heterocycles. The number of rotatable bonds is 11. The second kappa shape index (κ2) is 18.2. The van der Waals surface area contributed by atoms with E-state index in [1.807, 2.05) is 31.4 Å². The number of hydrogen-bond acceptors (Lipinski definition) is 8. The minimum atomic E-state index is -1.23. The Hall–Kier alpha value is -4.44. The number of carbonyl (C=O) groups excluding carboxylic acids is 8. The van der Waals surface area contributed by atoms with Gasteiger partial charge in [0, 0.05) is 35.2 Å². The first-order valence-electron chi connectivity index (χ1n) is 13.9. The molecule has 0 radical (unpaired) electrons. The highest BCUT2D eigenvalue weighted by Gasteiger charge is 2.38. The van der Waals surface area contributed by atoms with Crippen LogP contribution in [0.2, 0.25) is 0 Å². The summed E-state index contributed by atoms with van der Waals surface area (Å²) in [7, 11) is 6.48. The molecule has 0 spiro atoms. The Morgan fingerprint density at radius 1 is 0.651 bits per heavy atom. The molecule has 6 N–H and O–H groups in total. The zero-order valence-corrected chi connectivity index (χ0v) is 26.6. The van der Waals surface area contributed by atoms with Crippen LogP contribution < -0.4 is 31.9 Å². The van der Waals surface area contributed by atoms with E-state index in [2.05, 4.69) is 21.3 Å². The lowest BCUT2D eigenvalue weighted by atomic mass is 9.98. The van der Waals surface area contributed by atoms with Gasteiger partial charge in [0.25, 0.3) is 5.91 Å². The molecule has 0 saturated carbocycles. The third-order valence-corrected chi connectivity index (χ3v) is 6.44. The molecule has 0 heterocycles. The van der Waals surface area contributed by atoms with Gasteiger partial charge in [0.15, 0.2) is 0 Å². The van der Waals surface area contributed by atoms with E-state index in [0.717, 1.165) is 11.9 Å². The van der Waals surface area contributed by atoms with Crippen molar-refractivity contribution in [2.75, 3.05) is 35.2 Å². The first-order chi connectivity index (χ1) is 19.9. The van der Waals surface area contributed by atoms with E-state index in [0.29, 0.717) is 11.3 Å². The summed E-state index contributed by atoms with van der Waals surface area (Å²) in [5, 5.41) is 12.8. The van der Waals surface area contributed by atoms with Gasteiger partial charge in [-0.1, -0.05) is 41.0 Å². The van der Waals surface area contributed by atoms with E-state index < -0.39 is 71.9 Å². The molecule has 0 aliphatic carbocycles. The summed E-state index contributed by atoms with van der Waals surface area (Å²) in [4.78, 5) is 103. The fraction of sp³-hybridized carbons (Fsp3) is 0.692. The number of urea groups is 5. The highest BCUT2D eigenvalue weighted by molar-refractivity contribution is 6.06. The molecule has 0 rings (SSSR count). The summed E-state index contributed by atoms with van der Waals surface area (Å²) < 4.78 is 0. The number of nitrogens with one attached hydrogen (secondary N) is 6. The van der Waals surface area contributed by atoms with Crippen molar-refractivity contribution in [2.24, 2.45) is 11.8 Å². The molecule has 0 fully saturated rings. The lowest BCUT2D eigenvalue weighted by Gasteiger charge is -2.36. The van der Waals surface area contributed by atoms with Crippen LogP contribution in [0.5, 0.6) is 0 Å². The maximum atomic E-state index is 13.6. The summed E-state index contributed by atoms with van der Waals surface area (Å²) in [5.74, 6) is -2.65. The van der Waals surface area contributed by atoms with Crippen LogP contribution in [0.3, 0.4) is 0 Å². The zero-order chi connectivity index (χ0) is 33.6. The summed E-state index contributed by atoms with van der Waals surface area (Å²) in [6, 6.07) is -8.02. The van der Waals surface area contributed by atoms with Crippen LogP contribution in [0.4, 0.5) is 24.0 Å². The molecule has 0 aromatic rings. The van der Waals surface area contributed by atoms with Gasteiger partial charge >= 0.3 is 30.2 Å². The number of hydrogen-bond donors (Lipinski definition) is 6. The monoisotopic (exact) mass is 613 g/mol. The molecule has 0 unspecified atom stereocenters. The number of amides is 13. The van der Waals surface area contributed by atoms with Gasteiger partial charge in [-0.25, -0.2) is 24.0 Å². The second-order valence-corrected chi connectivity index (χ2v) is 10.6. The predicted molar refractivity (Wildman–Crippen MR) is 157 cm³/mol. The van der Waals surface area contributed by atoms with Crippen LogP contribution in [0.15, 0.2) is 0 Å². The molecule has 0 saturated heterocycles. The van der Waals surface area contributed by atoms with Crippen molar-refractivity contribution in [2.45, 2.75) is 72.0 Å². The summed E-state index contributed by atoms with van der Waals surface area (Å²) in [5.41, 5.74) is 0. The minimum Gasteiger partial charge on any atom is -0.342 e. The number of nitrogens with zero attached hydrogens (tertiary/aromatic N) is 3. The fourth-order valence-corrected chi connectivity index (χ4v) is 3.87. The van der Waals surface area contributed by atoms with Gasteiger partial charge in [-0.15, -0.1) is 0 Å². The van der Waals surface area contributed by atoms with Crippen LogP contribution in [-0.4, -0.2) is 116 Å². The molecule has 0 aromatic carbocycles. The third-order valence-electron chi connectivity index (χ3n) is 6.44. The van der Waals surface area contributed by atoms with Gasteiger partial charge in [-0.3, -0.25) is 35.2 Å². The summed E-state index contributed by atoms with van der Waals surface area (Å²) in [6.45, 7) is 8.78. The SMILES string of the molecule is CCC[C@H](C(=O)N(C)[C@@H](CC(C)C)C(=O)N[C@H](C(=O)N(C)C(=O)NC(=O)NC(=O)NC)C(C)C)N(C)C(=O)NC(=O)NC. The van der Waals surface area contributed by atoms with Crippen LogP contribution in [-0.2, 0) is 14.4 Å². The smallest absolute Gasteiger partial charge is 0.331 e. The average Bonchev–Trinajstić information content (AvgIpc) is 2.94. The summed E-state index contributed by atoms with van der Waals surface area (Å²) in [6.07, 6.45) is 0.968. The Morgan fingerprint density at radius 3 is 1.63 bits per heavy atom. The third kappa shape index (κ3) is 12.1. The average molecular weight is 614 g/mol. The Labute approximate surface area is 252 Å². The Morgan fingerprint density at radius 2 is 1.16 bits per heavy atom. The molecule has 0 bridgehead atoms. The van der Waals surface area contributed by atoms with E-state index in [9.17, 15) is 38.4 Å². The van der Waals surface area contributed by atoms with Gasteiger partial charge in [0.05, 0.1) is 0 Å². The maximum Gasteiger partial charge on any atom is 0.331 e. The van der Waals surface area contributed by atoms with Crippen molar-refractivity contribution < 1.29 is 38.4 Å². The predicted octanol–water partition coefficient (Wildman–Crippen LogP) is 0.367. The van der Waals surface area contributed by atoms with Crippen molar-refractivity contribution >= 4 is 47.9 Å². The van der Waals surface area contributed by atoms with Gasteiger partial charge in [-0.05, 0) is 24.7 Å². The molecule has 17 nitrogen and oxygen atoms in total. The van der Waals surface area contributed by atoms with E-state index in [4.69, 9.17) is 0 Å². The largest absolute Gasteiger partial charge is 0.342 e. The lowest BCUT2D eigenvalue weighted by Crippen LogP contribution is -2.60. The molecule has 3 atom stereocenters. The zero-order valence-electron chi connectivity index (χ0n) is 26.6. The highest BCUT2D eigenvalue weighted by atomic mass is 16.2. The topological polar surface area (TPSA) is 218 Å². The minimum absolute atomic E-state index is 0.0645. The Balaban J connectivity index is 6.00. The highest BCUT2D eigenvalue weighted by Crippen LogP contribution is 2.17. The molecular formula is C26H47N9O8. The van der Waals surface area contributed by atoms with Crippen LogP contribution in [0.1, 0.15) is 53.9 Å². The second-order valence-electron chi connectivity index (χ2n) is 10.6. The Bertz CT molecular complexity index is 1050. The van der Waals surface area contributed by atoms with Gasteiger partial charge in [-0.2, -0.15) is 0 Å². The van der Waals surface area contributed by atoms with Crippen molar-refractivity contribution in [1.82, 2.24) is 46.6 Å². The molecule has 13 amide bonds. The van der Waals surface area contributed by atoms with Gasteiger partial charge in [0.2, 0.25) is 11.8 Å². The van der Waals surface area contributed by atoms with Crippen molar-refractivity contribution in [3.63, 3.8) is 0 Å². The van der Waals surface area contributed by atoms with Crippen molar-refractivity contribution in [3.8, 4) is 0 Å². The maximum absolute atomic E-state index is 13.6. The molecule has 17 heteroatoms. The molecule has 43 heavy (non-hydrogen) atoms. The Kier molecular flexibility index (Phi) is 16.3. The quantitative estimate of drug-likeness (QED) is 0.191. The number of carbonyl (C=O) groups is 8. The molecule has 244 valence electrons. The summed E-state index contributed by atoms with van der Waals surface area (Å²) >= 11 is 0. The fourth-order valence-electron chi connectivity index (χ4n) is 3.87. The van der Waals surface area contributed by atoms with E-state index in [1.165, 1.54) is 33.1 Å². The molecule has 0 aliphatic heterocycles. The molecule has 0 aliphatic rings. The lowest BCUT2D eigenvalue weighted by molar-refractivity contribution is -0.144. The van der Waals surface area contributed by atoms with E-state index in [-0.39, 0.29) is 18.8 Å². The van der Waals surface area contributed by atoms with Crippen molar-refractivity contribution in [3.05, 3.63) is 0 Å². The standard InChI is InChI=1S/C26H47N9O8/c1-11-12-16(34(9)25(42)31-23(40)28-7)20(37)33(8)17(13-14(2)3)19(36)29-18(15(4)5)21(38)35(10)26(43)32-24(41)30-22(39)27-6/h14-18H,11-13H2,1-10H3,(H,29,36)(H2,28,31,40,42)(H3,27,30,32,39,41,43)/t16-,17+,18+/m1/s1. The number of imide groups is 4. The van der Waals surface area contributed by atoms with Crippen molar-refractivity contribution in [1.29, 1.82) is 0 Å². The van der Waals surface area contributed by atoms with Crippen LogP contribution in [0.25, 0.3) is 0 Å². The van der Waals surface area contributed by atoms with E-state index >= 15 is 0 Å². The normalized spacial score (nSPS) is 12.7. The number of likely N-dealkylation sites (N-methyl/N-ethyl adjacent to an activating group) is 3. The van der Waals surface area contributed by atoms with Gasteiger partial charge in [0.1, 0.15) is 18.1 Å². The van der Waals surface area contributed by atoms with Crippen LogP contribution in [0, 0.1) is 11.8 Å². The molecular weight excluding hydrogens is 566 g/mol. The van der Waals surface area contributed by atoms with Crippen LogP contribution >= 0.6 is 0 Å². The van der Waals surface area contributed by atoms with Gasteiger partial charge < -0.3 is 25.8 Å². The first-order valence-corrected chi connectivity index (χ1v) is 13.9. The van der Waals surface area contributed by atoms with E-state index in [1.54, 1.807) is 13.8 Å².